The fraction of sp³-hybridized carbons (Fsp3) is 0.214. The first-order chi connectivity index (χ1) is 10.7. The number of nitrogens with one attached hydrogen (secondary N) is 1. The fourth-order valence-electron chi connectivity index (χ4n) is 2.31. The molecule has 0 aliphatic rings. The summed E-state index contributed by atoms with van der Waals surface area (Å²) >= 11 is 1.27. The van der Waals surface area contributed by atoms with E-state index in [1.54, 1.807) is 31.0 Å². The number of H-pyrrole nitrogens is 1. The van der Waals surface area contributed by atoms with E-state index >= 15 is 0 Å². The van der Waals surface area contributed by atoms with Crippen molar-refractivity contribution in [1.82, 2.24) is 13.9 Å². The fourth-order valence-corrected chi connectivity index (χ4v) is 3.18. The maximum atomic E-state index is 12.7. The Morgan fingerprint density at radius 1 is 1.17 bits per heavy atom. The lowest BCUT2D eigenvalue weighted by molar-refractivity contribution is -0.141. The molecule has 1 aromatic carbocycles. The van der Waals surface area contributed by atoms with Crippen molar-refractivity contribution in [3.05, 3.63) is 56.0 Å². The number of halogens is 3. The maximum Gasteiger partial charge on any atom is 0.431 e. The van der Waals surface area contributed by atoms with Crippen LogP contribution < -0.4 is 11.2 Å². The van der Waals surface area contributed by atoms with E-state index in [4.69, 9.17) is 0 Å². The number of hydrogen-bond acceptors (Lipinski definition) is 4. The van der Waals surface area contributed by atoms with Crippen molar-refractivity contribution in [1.29, 1.82) is 0 Å². The van der Waals surface area contributed by atoms with E-state index in [2.05, 4.69) is 4.37 Å². The lowest BCUT2D eigenvalue weighted by Crippen LogP contribution is -2.36. The molecule has 0 aliphatic heterocycles. The van der Waals surface area contributed by atoms with E-state index in [9.17, 15) is 22.8 Å². The highest BCUT2D eigenvalue weighted by molar-refractivity contribution is 7.13. The first-order valence-electron chi connectivity index (χ1n) is 6.49. The number of rotatable bonds is 1. The lowest BCUT2D eigenvalue weighted by atomic mass is 10.1. The number of aromatic amines is 1. The van der Waals surface area contributed by atoms with Crippen LogP contribution >= 0.6 is 11.5 Å². The average molecular weight is 341 g/mol. The highest BCUT2D eigenvalue weighted by Gasteiger charge is 2.33. The molecular weight excluding hydrogens is 331 g/mol. The van der Waals surface area contributed by atoms with Crippen molar-refractivity contribution in [3.63, 3.8) is 0 Å². The Hall–Kier alpha value is -2.42. The zero-order valence-electron chi connectivity index (χ0n) is 12.0. The topological polar surface area (TPSA) is 67.8 Å². The molecule has 2 heterocycles. The Bertz CT molecular complexity index is 999. The van der Waals surface area contributed by atoms with E-state index in [-0.39, 0.29) is 5.69 Å². The minimum Gasteiger partial charge on any atom is -0.303 e. The summed E-state index contributed by atoms with van der Waals surface area (Å²) in [4.78, 5) is 25.8. The van der Waals surface area contributed by atoms with Gasteiger partial charge in [0.1, 0.15) is 5.69 Å². The molecule has 120 valence electrons. The molecule has 0 unspecified atom stereocenters. The van der Waals surface area contributed by atoms with Gasteiger partial charge in [-0.2, -0.15) is 17.5 Å². The first kappa shape index (κ1) is 15.5. The number of aromatic nitrogens is 3. The van der Waals surface area contributed by atoms with Crippen LogP contribution in [0.1, 0.15) is 17.0 Å². The van der Waals surface area contributed by atoms with Gasteiger partial charge in [-0.25, -0.2) is 9.36 Å². The summed E-state index contributed by atoms with van der Waals surface area (Å²) in [7, 11) is 0. The predicted octanol–water partition coefficient (Wildman–Crippen LogP) is 2.77. The van der Waals surface area contributed by atoms with Crippen molar-refractivity contribution in [2.24, 2.45) is 0 Å². The second-order valence-corrected chi connectivity index (χ2v) is 5.87. The minimum atomic E-state index is -4.79. The van der Waals surface area contributed by atoms with Crippen molar-refractivity contribution in [2.45, 2.75) is 20.0 Å². The highest BCUT2D eigenvalue weighted by Crippen LogP contribution is 2.28. The lowest BCUT2D eigenvalue weighted by Gasteiger charge is -2.11. The Balaban J connectivity index is 2.31. The summed E-state index contributed by atoms with van der Waals surface area (Å²) in [6.45, 7) is 3.45. The first-order valence-corrected chi connectivity index (χ1v) is 7.26. The van der Waals surface area contributed by atoms with Crippen LogP contribution in [0.4, 0.5) is 13.2 Å². The predicted molar refractivity (Wildman–Crippen MR) is 80.3 cm³/mol. The summed E-state index contributed by atoms with van der Waals surface area (Å²) in [5.41, 5.74) is -1.98. The van der Waals surface area contributed by atoms with E-state index in [0.717, 1.165) is 15.8 Å². The zero-order chi connectivity index (χ0) is 16.9. The maximum absolute atomic E-state index is 12.7. The number of aryl methyl sites for hydroxylation is 2. The average Bonchev–Trinajstić information content (AvgIpc) is 2.78. The van der Waals surface area contributed by atoms with Crippen LogP contribution in [0.25, 0.3) is 15.8 Å². The smallest absolute Gasteiger partial charge is 0.303 e. The number of fused-ring (bicyclic) bond motifs is 1. The molecular formula is C14H10F3N3O2S. The van der Waals surface area contributed by atoms with Gasteiger partial charge in [0.15, 0.2) is 0 Å². The van der Waals surface area contributed by atoms with Crippen LogP contribution in [0.15, 0.2) is 27.8 Å². The minimum absolute atomic E-state index is 0.237. The molecule has 0 atom stereocenters. The molecule has 5 nitrogen and oxygen atoms in total. The Morgan fingerprint density at radius 2 is 1.87 bits per heavy atom. The molecule has 0 saturated heterocycles. The largest absolute Gasteiger partial charge is 0.431 e. The van der Waals surface area contributed by atoms with Gasteiger partial charge in [0.25, 0.3) is 5.56 Å². The molecule has 0 spiro atoms. The van der Waals surface area contributed by atoms with Crippen LogP contribution in [0, 0.1) is 13.8 Å². The molecule has 2 aromatic heterocycles. The summed E-state index contributed by atoms with van der Waals surface area (Å²) in [5.74, 6) is 0. The second-order valence-electron chi connectivity index (χ2n) is 5.06. The van der Waals surface area contributed by atoms with Crippen LogP contribution in [0.2, 0.25) is 0 Å². The molecule has 3 rings (SSSR count). The van der Waals surface area contributed by atoms with Crippen molar-refractivity contribution < 1.29 is 13.2 Å². The molecule has 0 saturated carbocycles. The molecule has 0 fully saturated rings. The van der Waals surface area contributed by atoms with Gasteiger partial charge in [0, 0.05) is 11.5 Å². The van der Waals surface area contributed by atoms with Gasteiger partial charge in [0.05, 0.1) is 16.1 Å². The Kier molecular flexibility index (Phi) is 3.40. The van der Waals surface area contributed by atoms with Crippen molar-refractivity contribution >= 4 is 21.6 Å². The van der Waals surface area contributed by atoms with Crippen LogP contribution in [-0.4, -0.2) is 13.9 Å². The number of alkyl halides is 3. The standard InChI is InChI=1S/C14H10F3N3O2S/c1-6-3-10-8(7(2)19-23-10)4-9(6)20-12(21)5-11(14(15,16)17)18-13(20)22/h3-5H,1-2H3,(H,18,22). The summed E-state index contributed by atoms with van der Waals surface area (Å²) < 4.78 is 43.7. The third-order valence-corrected chi connectivity index (χ3v) is 4.35. The Labute approximate surface area is 131 Å². The number of hydrogen-bond donors (Lipinski definition) is 1. The molecule has 23 heavy (non-hydrogen) atoms. The van der Waals surface area contributed by atoms with Crippen LogP contribution in [-0.2, 0) is 6.18 Å². The molecule has 0 amide bonds. The van der Waals surface area contributed by atoms with E-state index in [1.165, 1.54) is 11.5 Å². The van der Waals surface area contributed by atoms with Crippen molar-refractivity contribution in [2.75, 3.05) is 0 Å². The van der Waals surface area contributed by atoms with Crippen LogP contribution in [0.3, 0.4) is 0 Å². The third-order valence-electron chi connectivity index (χ3n) is 3.45. The molecule has 0 bridgehead atoms. The van der Waals surface area contributed by atoms with Gasteiger partial charge in [-0.15, -0.1) is 0 Å². The van der Waals surface area contributed by atoms with Gasteiger partial charge in [-0.1, -0.05) is 0 Å². The zero-order valence-corrected chi connectivity index (χ0v) is 12.8. The second kappa shape index (κ2) is 5.05. The molecule has 0 aliphatic carbocycles. The van der Waals surface area contributed by atoms with Gasteiger partial charge in [-0.3, -0.25) is 4.79 Å². The summed E-state index contributed by atoms with van der Waals surface area (Å²) in [6.07, 6.45) is -4.79. The van der Waals surface area contributed by atoms with Gasteiger partial charge < -0.3 is 4.98 Å². The third kappa shape index (κ3) is 2.56. The van der Waals surface area contributed by atoms with Crippen molar-refractivity contribution in [3.8, 4) is 5.69 Å². The number of nitrogens with zero attached hydrogens (tertiary/aromatic N) is 2. The summed E-state index contributed by atoms with van der Waals surface area (Å²) in [5, 5.41) is 0.752. The van der Waals surface area contributed by atoms with Crippen LogP contribution in [0.5, 0.6) is 0 Å². The number of benzene rings is 1. The quantitative estimate of drug-likeness (QED) is 0.740. The molecule has 3 aromatic rings. The van der Waals surface area contributed by atoms with Gasteiger partial charge in [-0.05, 0) is 43.1 Å². The highest BCUT2D eigenvalue weighted by atomic mass is 32.1. The monoisotopic (exact) mass is 341 g/mol. The molecule has 0 radical (unpaired) electrons. The SMILES string of the molecule is Cc1cc2snc(C)c2cc1-n1c(=O)cc(C(F)(F)F)[nH]c1=O. The van der Waals surface area contributed by atoms with E-state index < -0.39 is 23.1 Å². The Morgan fingerprint density at radius 3 is 2.48 bits per heavy atom. The molecule has 9 heteroatoms. The van der Waals surface area contributed by atoms with Gasteiger partial charge >= 0.3 is 11.9 Å². The molecule has 1 N–H and O–H groups in total. The normalized spacial score (nSPS) is 12.0. The van der Waals surface area contributed by atoms with E-state index in [0.29, 0.717) is 16.2 Å². The summed E-state index contributed by atoms with van der Waals surface area (Å²) in [6, 6.07) is 3.72. The van der Waals surface area contributed by atoms with Gasteiger partial charge in [0.2, 0.25) is 0 Å². The van der Waals surface area contributed by atoms with E-state index in [1.807, 2.05) is 0 Å².